The second kappa shape index (κ2) is 37.2. The third kappa shape index (κ3) is 31.9. The highest BCUT2D eigenvalue weighted by atomic mass is 16.3. The Morgan fingerprint density at radius 3 is 1.04 bits per heavy atom. The van der Waals surface area contributed by atoms with Crippen molar-refractivity contribution in [3.63, 3.8) is 0 Å². The lowest BCUT2D eigenvalue weighted by molar-refractivity contribution is -0.124. The Morgan fingerprint density at radius 1 is 0.457 bits per heavy atom. The van der Waals surface area contributed by atoms with E-state index in [4.69, 9.17) is 0 Å². The zero-order valence-corrected chi connectivity index (χ0v) is 31.2. The largest absolute Gasteiger partial charge is 0.394 e. The van der Waals surface area contributed by atoms with Gasteiger partial charge < -0.3 is 20.6 Å². The zero-order valence-electron chi connectivity index (χ0n) is 31.2. The Bertz CT molecular complexity index is 601. The van der Waals surface area contributed by atoms with Gasteiger partial charge in [0.2, 0.25) is 5.91 Å². The summed E-state index contributed by atoms with van der Waals surface area (Å²) in [6, 6.07) is -0.801. The number of amides is 1. The lowest BCUT2D eigenvalue weighted by Crippen LogP contribution is -2.50. The van der Waals surface area contributed by atoms with Crippen molar-refractivity contribution in [1.29, 1.82) is 0 Å². The summed E-state index contributed by atoms with van der Waals surface area (Å²) in [6.45, 7) is 4.19. The Hall–Kier alpha value is -0.650. The molecule has 1 amide bonds. The Balaban J connectivity index is 3.59. The van der Waals surface area contributed by atoms with E-state index < -0.39 is 18.2 Å². The number of unbranched alkanes of at least 4 members (excludes halogenated alkanes) is 30. The molecular formula is C41H83NO4. The molecule has 0 aliphatic carbocycles. The van der Waals surface area contributed by atoms with E-state index in [0.29, 0.717) is 12.8 Å². The minimum Gasteiger partial charge on any atom is -0.394 e. The highest BCUT2D eigenvalue weighted by Crippen LogP contribution is 2.17. The van der Waals surface area contributed by atoms with E-state index >= 15 is 0 Å². The fourth-order valence-corrected chi connectivity index (χ4v) is 6.69. The zero-order chi connectivity index (χ0) is 33.8. The van der Waals surface area contributed by atoms with Crippen LogP contribution < -0.4 is 5.32 Å². The van der Waals surface area contributed by atoms with E-state index in [1.165, 1.54) is 173 Å². The molecule has 0 saturated carbocycles. The van der Waals surface area contributed by atoms with Gasteiger partial charge in [-0.05, 0) is 12.8 Å². The van der Waals surface area contributed by atoms with Gasteiger partial charge >= 0.3 is 0 Å². The van der Waals surface area contributed by atoms with Crippen LogP contribution in [0.3, 0.4) is 0 Å². The highest BCUT2D eigenvalue weighted by molar-refractivity contribution is 5.76. The van der Waals surface area contributed by atoms with Crippen LogP contribution in [0.4, 0.5) is 0 Å². The molecule has 0 radical (unpaired) electrons. The molecule has 3 atom stereocenters. The number of aliphatic hydroxyl groups excluding tert-OH is 3. The summed E-state index contributed by atoms with van der Waals surface area (Å²) in [6.07, 6.45) is 40.6. The van der Waals surface area contributed by atoms with Crippen LogP contribution in [0.25, 0.3) is 0 Å². The van der Waals surface area contributed by atoms with Gasteiger partial charge in [-0.15, -0.1) is 0 Å². The maximum atomic E-state index is 12.4. The Morgan fingerprint density at radius 2 is 0.739 bits per heavy atom. The number of aliphatic hydroxyl groups is 3. The molecule has 0 saturated heterocycles. The molecule has 0 aromatic carbocycles. The van der Waals surface area contributed by atoms with E-state index in [2.05, 4.69) is 19.2 Å². The lowest BCUT2D eigenvalue weighted by atomic mass is 9.99. The summed E-state index contributed by atoms with van der Waals surface area (Å²) in [7, 11) is 0. The van der Waals surface area contributed by atoms with Gasteiger partial charge in [0.05, 0.1) is 18.8 Å². The number of carbonyl (C=O) groups excluding carboxylic acids is 1. The van der Waals surface area contributed by atoms with Gasteiger partial charge in [0.25, 0.3) is 0 Å². The monoisotopic (exact) mass is 654 g/mol. The topological polar surface area (TPSA) is 89.8 Å². The second-order valence-electron chi connectivity index (χ2n) is 14.6. The van der Waals surface area contributed by atoms with Gasteiger partial charge in [0, 0.05) is 6.42 Å². The minimum absolute atomic E-state index is 0.142. The van der Waals surface area contributed by atoms with E-state index in [0.717, 1.165) is 32.1 Å². The van der Waals surface area contributed by atoms with Gasteiger partial charge in [-0.1, -0.05) is 213 Å². The number of carbonyl (C=O) groups is 1. The van der Waals surface area contributed by atoms with Crippen molar-refractivity contribution in [2.45, 2.75) is 250 Å². The van der Waals surface area contributed by atoms with Crippen molar-refractivity contribution in [3.8, 4) is 0 Å². The van der Waals surface area contributed by atoms with Gasteiger partial charge in [0.15, 0.2) is 0 Å². The van der Waals surface area contributed by atoms with E-state index in [9.17, 15) is 20.1 Å². The summed E-state index contributed by atoms with van der Waals surface area (Å²) in [4.78, 5) is 12.4. The smallest absolute Gasteiger partial charge is 0.220 e. The molecule has 0 aromatic rings. The minimum atomic E-state index is -1.13. The van der Waals surface area contributed by atoms with Crippen molar-refractivity contribution < 1.29 is 20.1 Å². The van der Waals surface area contributed by atoms with Crippen molar-refractivity contribution in [1.82, 2.24) is 5.32 Å². The quantitative estimate of drug-likeness (QED) is 0.0499. The number of nitrogens with one attached hydrogen (secondary N) is 1. The van der Waals surface area contributed by atoms with E-state index in [1.54, 1.807) is 0 Å². The van der Waals surface area contributed by atoms with E-state index in [-0.39, 0.29) is 12.5 Å². The molecule has 0 rings (SSSR count). The third-order valence-electron chi connectivity index (χ3n) is 9.96. The van der Waals surface area contributed by atoms with Crippen molar-refractivity contribution in [3.05, 3.63) is 0 Å². The first-order valence-corrected chi connectivity index (χ1v) is 20.8. The summed E-state index contributed by atoms with van der Waals surface area (Å²) < 4.78 is 0. The van der Waals surface area contributed by atoms with Crippen LogP contribution in [0.5, 0.6) is 0 Å². The first kappa shape index (κ1) is 45.3. The van der Waals surface area contributed by atoms with Crippen LogP contribution in [0.15, 0.2) is 0 Å². The van der Waals surface area contributed by atoms with Gasteiger partial charge in [0.1, 0.15) is 6.10 Å². The molecule has 0 aliphatic heterocycles. The van der Waals surface area contributed by atoms with Crippen LogP contribution in [0, 0.1) is 0 Å². The van der Waals surface area contributed by atoms with Crippen LogP contribution >= 0.6 is 0 Å². The first-order chi connectivity index (χ1) is 22.6. The van der Waals surface area contributed by atoms with Crippen LogP contribution in [-0.4, -0.2) is 46.1 Å². The van der Waals surface area contributed by atoms with Gasteiger partial charge in [-0.2, -0.15) is 0 Å². The number of hydrogen-bond acceptors (Lipinski definition) is 4. The van der Waals surface area contributed by atoms with Crippen molar-refractivity contribution >= 4 is 5.91 Å². The molecule has 5 heteroatoms. The molecule has 5 nitrogen and oxygen atoms in total. The number of rotatable bonds is 38. The van der Waals surface area contributed by atoms with Crippen LogP contribution in [0.2, 0.25) is 0 Å². The summed E-state index contributed by atoms with van der Waals surface area (Å²) in [5.41, 5.74) is 0. The lowest BCUT2D eigenvalue weighted by Gasteiger charge is -2.26. The molecular weight excluding hydrogens is 570 g/mol. The Kier molecular flexibility index (Phi) is 36.6. The first-order valence-electron chi connectivity index (χ1n) is 20.8. The molecule has 2 unspecified atom stereocenters. The normalized spacial score (nSPS) is 13.6. The third-order valence-corrected chi connectivity index (χ3v) is 9.96. The van der Waals surface area contributed by atoms with Crippen LogP contribution in [0.1, 0.15) is 232 Å². The maximum Gasteiger partial charge on any atom is 0.220 e. The van der Waals surface area contributed by atoms with Crippen molar-refractivity contribution in [2.24, 2.45) is 0 Å². The molecule has 0 bridgehead atoms. The SMILES string of the molecule is CCCCCCCCCCCCCCCCCCCCCC(O)[C@@H](O)C(CO)NC(=O)CCCCCCCCCCCCCCC. The molecule has 0 fully saturated rings. The second-order valence-corrected chi connectivity index (χ2v) is 14.6. The van der Waals surface area contributed by atoms with Crippen LogP contribution in [-0.2, 0) is 4.79 Å². The fraction of sp³-hybridized carbons (Fsp3) is 0.976. The summed E-state index contributed by atoms with van der Waals surface area (Å²) in [5.74, 6) is -0.142. The van der Waals surface area contributed by atoms with Gasteiger partial charge in [-0.25, -0.2) is 0 Å². The summed E-state index contributed by atoms with van der Waals surface area (Å²) >= 11 is 0. The molecule has 0 spiro atoms. The molecule has 0 aromatic heterocycles. The average molecular weight is 654 g/mol. The molecule has 4 N–H and O–H groups in total. The van der Waals surface area contributed by atoms with E-state index in [1.807, 2.05) is 0 Å². The van der Waals surface area contributed by atoms with Gasteiger partial charge in [-0.3, -0.25) is 4.79 Å². The highest BCUT2D eigenvalue weighted by Gasteiger charge is 2.26. The average Bonchev–Trinajstić information content (AvgIpc) is 3.06. The fourth-order valence-electron chi connectivity index (χ4n) is 6.69. The Labute approximate surface area is 287 Å². The van der Waals surface area contributed by atoms with Crippen molar-refractivity contribution in [2.75, 3.05) is 6.61 Å². The molecule has 46 heavy (non-hydrogen) atoms. The molecule has 276 valence electrons. The standard InChI is InChI=1S/C41H83NO4/c1-3-5-7-9-11-13-15-17-18-19-20-21-22-24-25-27-29-31-33-35-39(44)41(46)38(37-43)42-40(45)36-34-32-30-28-26-23-16-14-12-10-8-6-4-2/h38-39,41,43-44,46H,3-37H2,1-2H3,(H,42,45)/t38?,39?,41-/m0/s1. The predicted octanol–water partition coefficient (Wildman–Crippen LogP) is 11.5. The number of hydrogen-bond donors (Lipinski definition) is 4. The molecule has 0 aliphatic rings. The maximum absolute atomic E-state index is 12.4. The predicted molar refractivity (Wildman–Crippen MR) is 199 cm³/mol. The molecule has 0 heterocycles. The summed E-state index contributed by atoms with van der Waals surface area (Å²) in [5, 5.41) is 33.5.